The second-order valence-electron chi connectivity index (χ2n) is 4.92. The molecule has 0 aliphatic rings. The van der Waals surface area contributed by atoms with Crippen molar-refractivity contribution in [3.8, 4) is 0 Å². The molecule has 1 aromatic carbocycles. The van der Waals surface area contributed by atoms with Gasteiger partial charge in [-0.25, -0.2) is 4.39 Å². The fourth-order valence-electron chi connectivity index (χ4n) is 1.83. The number of ether oxygens (including phenoxy) is 1. The van der Waals surface area contributed by atoms with Crippen molar-refractivity contribution in [3.05, 3.63) is 35.1 Å². The monoisotopic (exact) mass is 329 g/mol. The molecule has 1 aromatic rings. The van der Waals surface area contributed by atoms with Crippen molar-refractivity contribution in [1.82, 2.24) is 0 Å². The Kier molecular flexibility index (Phi) is 6.19. The van der Waals surface area contributed by atoms with Crippen molar-refractivity contribution in [2.24, 2.45) is 11.1 Å². The van der Waals surface area contributed by atoms with E-state index in [4.69, 9.17) is 5.73 Å². The van der Waals surface area contributed by atoms with E-state index in [1.807, 2.05) is 0 Å². The molecule has 0 aliphatic carbocycles. The summed E-state index contributed by atoms with van der Waals surface area (Å²) >= 11 is 0. The van der Waals surface area contributed by atoms with E-state index in [0.717, 1.165) is 7.11 Å². The van der Waals surface area contributed by atoms with Crippen molar-refractivity contribution >= 4 is 18.4 Å². The van der Waals surface area contributed by atoms with Crippen LogP contribution in [0, 0.1) is 11.2 Å². The zero-order chi connectivity index (χ0) is 15.7. The first-order valence-electron chi connectivity index (χ1n) is 5.72. The lowest BCUT2D eigenvalue weighted by atomic mass is 9.79. The zero-order valence-electron chi connectivity index (χ0n) is 11.6. The van der Waals surface area contributed by atoms with Crippen molar-refractivity contribution in [2.45, 2.75) is 26.1 Å². The van der Waals surface area contributed by atoms with Crippen LogP contribution in [-0.2, 0) is 15.7 Å². The summed E-state index contributed by atoms with van der Waals surface area (Å²) in [6, 6.07) is 0.641. The Hall–Kier alpha value is -1.34. The Morgan fingerprint density at radius 1 is 1.29 bits per heavy atom. The highest BCUT2D eigenvalue weighted by molar-refractivity contribution is 5.85. The lowest BCUT2D eigenvalue weighted by Crippen LogP contribution is -2.38. The molecule has 0 fully saturated rings. The third-order valence-corrected chi connectivity index (χ3v) is 3.14. The van der Waals surface area contributed by atoms with Gasteiger partial charge in [0.1, 0.15) is 5.82 Å². The van der Waals surface area contributed by atoms with E-state index in [9.17, 15) is 22.4 Å². The topological polar surface area (TPSA) is 52.3 Å². The van der Waals surface area contributed by atoms with Gasteiger partial charge in [0.25, 0.3) is 0 Å². The highest BCUT2D eigenvalue weighted by Crippen LogP contribution is 2.40. The molecule has 0 aliphatic heterocycles. The third kappa shape index (κ3) is 4.07. The molecule has 120 valence electrons. The first kappa shape index (κ1) is 19.7. The number of benzene rings is 1. The summed E-state index contributed by atoms with van der Waals surface area (Å²) in [5, 5.41) is 0. The Morgan fingerprint density at radius 2 is 1.81 bits per heavy atom. The highest BCUT2D eigenvalue weighted by Gasteiger charge is 2.42. The molecule has 0 radical (unpaired) electrons. The average Bonchev–Trinajstić information content (AvgIpc) is 2.35. The maximum absolute atomic E-state index is 13.2. The number of hydrogen-bond donors (Lipinski definition) is 1. The van der Waals surface area contributed by atoms with Gasteiger partial charge < -0.3 is 10.5 Å². The number of carbonyl (C=O) groups is 1. The van der Waals surface area contributed by atoms with E-state index < -0.39 is 40.5 Å². The first-order chi connectivity index (χ1) is 9.01. The van der Waals surface area contributed by atoms with Crippen LogP contribution in [-0.4, -0.2) is 13.1 Å². The molecule has 0 aromatic heterocycles. The van der Waals surface area contributed by atoms with Crippen LogP contribution in [0.4, 0.5) is 17.6 Å². The van der Waals surface area contributed by atoms with Gasteiger partial charge in [-0.2, -0.15) is 13.2 Å². The maximum atomic E-state index is 13.2. The minimum Gasteiger partial charge on any atom is -0.469 e. The molecule has 1 atom stereocenters. The Labute approximate surface area is 125 Å². The van der Waals surface area contributed by atoms with Crippen LogP contribution in [0.1, 0.15) is 31.0 Å². The van der Waals surface area contributed by atoms with Crippen LogP contribution < -0.4 is 5.73 Å². The van der Waals surface area contributed by atoms with Gasteiger partial charge in [-0.1, -0.05) is 0 Å². The number of alkyl halides is 3. The number of halogens is 5. The molecular formula is C13H16ClF4NO2. The van der Waals surface area contributed by atoms with Crippen molar-refractivity contribution in [1.29, 1.82) is 0 Å². The molecule has 0 saturated heterocycles. The molecule has 0 bridgehead atoms. The van der Waals surface area contributed by atoms with E-state index in [1.54, 1.807) is 0 Å². The maximum Gasteiger partial charge on any atom is 0.416 e. The molecule has 0 heterocycles. The summed E-state index contributed by atoms with van der Waals surface area (Å²) in [6.07, 6.45) is -4.69. The quantitative estimate of drug-likeness (QED) is 0.682. The summed E-state index contributed by atoms with van der Waals surface area (Å²) in [6.45, 7) is 2.68. The van der Waals surface area contributed by atoms with Gasteiger partial charge in [0.05, 0.1) is 18.1 Å². The van der Waals surface area contributed by atoms with E-state index in [-0.39, 0.29) is 12.4 Å². The summed E-state index contributed by atoms with van der Waals surface area (Å²) in [5.41, 5.74) is 2.78. The Morgan fingerprint density at radius 3 is 2.24 bits per heavy atom. The fourth-order valence-corrected chi connectivity index (χ4v) is 1.83. The van der Waals surface area contributed by atoms with Crippen LogP contribution in [0.15, 0.2) is 18.2 Å². The number of hydrogen-bond acceptors (Lipinski definition) is 3. The van der Waals surface area contributed by atoms with Crippen LogP contribution >= 0.6 is 12.4 Å². The van der Waals surface area contributed by atoms with Crippen LogP contribution in [0.25, 0.3) is 0 Å². The van der Waals surface area contributed by atoms with E-state index in [0.29, 0.717) is 18.2 Å². The number of carbonyl (C=O) groups excluding carboxylic acids is 1. The standard InChI is InChI=1S/C13H15F4NO2.ClH/c1-12(2,11(19)20-3)10(18)8-6-7(14)4-5-9(8)13(15,16)17;/h4-6,10H,18H2,1-3H3;1H/t10-;/m1./s1. The van der Waals surface area contributed by atoms with Crippen LogP contribution in [0.3, 0.4) is 0 Å². The molecule has 0 saturated carbocycles. The summed E-state index contributed by atoms with van der Waals surface area (Å²) in [4.78, 5) is 11.6. The number of esters is 1. The van der Waals surface area contributed by atoms with Crippen LogP contribution in [0.2, 0.25) is 0 Å². The number of nitrogens with two attached hydrogens (primary N) is 1. The Balaban J connectivity index is 0.00000400. The Bertz CT molecular complexity index is 517. The van der Waals surface area contributed by atoms with Gasteiger partial charge in [0.15, 0.2) is 0 Å². The molecule has 0 amide bonds. The van der Waals surface area contributed by atoms with Gasteiger partial charge in [-0.05, 0) is 37.6 Å². The molecule has 21 heavy (non-hydrogen) atoms. The highest BCUT2D eigenvalue weighted by atomic mass is 35.5. The average molecular weight is 330 g/mol. The van der Waals surface area contributed by atoms with E-state index >= 15 is 0 Å². The van der Waals surface area contributed by atoms with Gasteiger partial charge in [0.2, 0.25) is 0 Å². The lowest BCUT2D eigenvalue weighted by Gasteiger charge is -2.30. The SMILES string of the molecule is COC(=O)C(C)(C)[C@H](N)c1cc(F)ccc1C(F)(F)F.Cl. The molecule has 1 rings (SSSR count). The number of rotatable bonds is 3. The van der Waals surface area contributed by atoms with Crippen LogP contribution in [0.5, 0.6) is 0 Å². The zero-order valence-corrected chi connectivity index (χ0v) is 12.4. The second-order valence-corrected chi connectivity index (χ2v) is 4.92. The molecule has 0 unspecified atom stereocenters. The van der Waals surface area contributed by atoms with Gasteiger partial charge >= 0.3 is 12.1 Å². The number of methoxy groups -OCH3 is 1. The normalized spacial score (nSPS) is 13.3. The van der Waals surface area contributed by atoms with Gasteiger partial charge in [-0.15, -0.1) is 12.4 Å². The van der Waals surface area contributed by atoms with Crippen molar-refractivity contribution < 1.29 is 27.1 Å². The molecule has 3 nitrogen and oxygen atoms in total. The molecule has 0 spiro atoms. The van der Waals surface area contributed by atoms with Crippen molar-refractivity contribution in [3.63, 3.8) is 0 Å². The smallest absolute Gasteiger partial charge is 0.416 e. The molecular weight excluding hydrogens is 314 g/mol. The largest absolute Gasteiger partial charge is 0.469 e. The van der Waals surface area contributed by atoms with E-state index in [1.165, 1.54) is 13.8 Å². The minimum atomic E-state index is -4.69. The fraction of sp³-hybridized carbons (Fsp3) is 0.462. The molecule has 2 N–H and O–H groups in total. The third-order valence-electron chi connectivity index (χ3n) is 3.14. The molecule has 8 heteroatoms. The second kappa shape index (κ2) is 6.62. The summed E-state index contributed by atoms with van der Waals surface area (Å²) in [5.74, 6) is -1.63. The minimum absolute atomic E-state index is 0. The van der Waals surface area contributed by atoms with Gasteiger partial charge in [-0.3, -0.25) is 4.79 Å². The van der Waals surface area contributed by atoms with Gasteiger partial charge in [0, 0.05) is 6.04 Å². The first-order valence-corrected chi connectivity index (χ1v) is 5.72. The van der Waals surface area contributed by atoms with E-state index in [2.05, 4.69) is 4.74 Å². The summed E-state index contributed by atoms with van der Waals surface area (Å²) in [7, 11) is 1.10. The lowest BCUT2D eigenvalue weighted by molar-refractivity contribution is -0.153. The predicted octanol–water partition coefficient (Wildman–Crippen LogP) is 3.47. The van der Waals surface area contributed by atoms with Crippen molar-refractivity contribution in [2.75, 3.05) is 7.11 Å². The predicted molar refractivity (Wildman–Crippen MR) is 71.4 cm³/mol. The summed E-state index contributed by atoms with van der Waals surface area (Å²) < 4.78 is 56.5.